The summed E-state index contributed by atoms with van der Waals surface area (Å²) < 4.78 is 7.92. The third kappa shape index (κ3) is 7.63. The molecule has 3 heterocycles. The molecule has 0 unspecified atom stereocenters. The van der Waals surface area contributed by atoms with Gasteiger partial charge in [-0.1, -0.05) is 32.0 Å². The van der Waals surface area contributed by atoms with Crippen molar-refractivity contribution < 1.29 is 11.0 Å². The summed E-state index contributed by atoms with van der Waals surface area (Å²) in [5.74, 6) is 1.46. The van der Waals surface area contributed by atoms with E-state index >= 15 is 0 Å². The van der Waals surface area contributed by atoms with Crippen molar-refractivity contribution in [3.8, 4) is 17.1 Å². The molecule has 0 spiro atoms. The van der Waals surface area contributed by atoms with Gasteiger partial charge >= 0.3 is 0 Å². The maximum absolute atomic E-state index is 12.9. The summed E-state index contributed by atoms with van der Waals surface area (Å²) in [5.41, 5.74) is 5.59. The highest BCUT2D eigenvalue weighted by molar-refractivity contribution is 5.82. The summed E-state index contributed by atoms with van der Waals surface area (Å²) >= 11 is 0. The molecule has 8 nitrogen and oxygen atoms in total. The molecule has 1 amide bonds. The number of aromatic nitrogens is 4. The molecule has 1 aliphatic heterocycles. The highest BCUT2D eigenvalue weighted by atomic mass is 16.5. The first kappa shape index (κ1) is 29.3. The van der Waals surface area contributed by atoms with E-state index < -0.39 is 0 Å². The molecule has 1 aromatic carbocycles. The lowest BCUT2D eigenvalue weighted by Crippen LogP contribution is -2.60. The van der Waals surface area contributed by atoms with E-state index in [1.807, 2.05) is 51.2 Å². The fourth-order valence-electron chi connectivity index (χ4n) is 4.85. The number of amides is 1. The minimum absolute atomic E-state index is 0. The van der Waals surface area contributed by atoms with Gasteiger partial charge in [-0.2, -0.15) is 10.1 Å². The fourth-order valence-corrected chi connectivity index (χ4v) is 4.85. The van der Waals surface area contributed by atoms with Crippen molar-refractivity contribution in [2.45, 2.75) is 73.5 Å². The van der Waals surface area contributed by atoms with Crippen molar-refractivity contribution >= 4 is 5.91 Å². The van der Waals surface area contributed by atoms with E-state index in [-0.39, 0.29) is 19.5 Å². The molecule has 0 bridgehead atoms. The molecule has 1 fully saturated rings. The summed E-state index contributed by atoms with van der Waals surface area (Å²) in [6.45, 7) is 17.6. The molecule has 3 aromatic rings. The monoisotopic (exact) mass is 522 g/mol. The normalized spacial score (nSPS) is 14.1. The van der Waals surface area contributed by atoms with Gasteiger partial charge in [0.1, 0.15) is 11.9 Å². The van der Waals surface area contributed by atoms with Crippen molar-refractivity contribution in [1.29, 1.82) is 0 Å². The first-order chi connectivity index (χ1) is 18.1. The largest absolute Gasteiger partial charge is 0.470 e. The SMILES string of the molecule is CCCN(CCC)[C@H](C)C(=O)N1CC(Oc2cc(-c3c(C)cccc3C)nc(C)n2)C1.Cc1cnn(C)c1.[HH]. The highest BCUT2D eigenvalue weighted by Crippen LogP contribution is 2.28. The van der Waals surface area contributed by atoms with Crippen LogP contribution in [-0.2, 0) is 11.8 Å². The minimum Gasteiger partial charge on any atom is -0.470 e. The van der Waals surface area contributed by atoms with Gasteiger partial charge in [-0.3, -0.25) is 14.4 Å². The van der Waals surface area contributed by atoms with Crippen molar-refractivity contribution in [2.75, 3.05) is 26.2 Å². The average Bonchev–Trinajstić information content (AvgIpc) is 3.22. The number of carbonyl (C=O) groups excluding carboxylic acids is 1. The summed E-state index contributed by atoms with van der Waals surface area (Å²) in [5, 5.41) is 3.93. The van der Waals surface area contributed by atoms with Crippen LogP contribution < -0.4 is 4.74 Å². The summed E-state index contributed by atoms with van der Waals surface area (Å²) in [7, 11) is 1.91. The van der Waals surface area contributed by atoms with Gasteiger partial charge in [0.2, 0.25) is 11.8 Å². The molecule has 1 saturated heterocycles. The number of rotatable bonds is 9. The standard InChI is InChI=1S/C25H36N4O2.C5H8N2.H2/c1-7-12-28(13-8-2)19(5)25(30)29-15-21(16-29)31-23-14-22(26-20(6)27-23)24-17(3)10-9-11-18(24)4;1-5-3-6-7(2)4-5;/h9-11,14,19,21H,7-8,12-13,15-16H2,1-6H3;3-4H,1-2H3;1H/t19-;;/m1../s1. The Balaban J connectivity index is 0.000000579. The Morgan fingerprint density at radius 3 is 2.24 bits per heavy atom. The van der Waals surface area contributed by atoms with Gasteiger partial charge in [-0.25, -0.2) is 4.98 Å². The summed E-state index contributed by atoms with van der Waals surface area (Å²) in [6, 6.07) is 8.08. The molecule has 38 heavy (non-hydrogen) atoms. The van der Waals surface area contributed by atoms with Crippen LogP contribution in [-0.4, -0.2) is 73.8 Å². The second-order valence-electron chi connectivity index (χ2n) is 10.3. The van der Waals surface area contributed by atoms with E-state index in [1.165, 1.54) is 16.7 Å². The van der Waals surface area contributed by atoms with Crippen molar-refractivity contribution in [3.05, 3.63) is 59.2 Å². The molecule has 1 aliphatic rings. The van der Waals surface area contributed by atoms with Crippen molar-refractivity contribution in [3.63, 3.8) is 0 Å². The second-order valence-corrected chi connectivity index (χ2v) is 10.3. The Morgan fingerprint density at radius 2 is 1.74 bits per heavy atom. The van der Waals surface area contributed by atoms with Gasteiger partial charge in [0.25, 0.3) is 0 Å². The smallest absolute Gasteiger partial charge is 0.239 e. The van der Waals surface area contributed by atoms with E-state index in [0.29, 0.717) is 24.8 Å². The molecule has 0 saturated carbocycles. The Bertz CT molecular complexity index is 1170. The topological polar surface area (TPSA) is 76.4 Å². The number of likely N-dealkylation sites (tertiary alicyclic amines) is 1. The maximum Gasteiger partial charge on any atom is 0.239 e. The third-order valence-electron chi connectivity index (χ3n) is 6.76. The Labute approximate surface area is 229 Å². The van der Waals surface area contributed by atoms with Crippen LogP contribution in [0.25, 0.3) is 11.3 Å². The Kier molecular flexibility index (Phi) is 10.4. The van der Waals surface area contributed by atoms with Gasteiger partial charge in [-0.05, 0) is 77.2 Å². The molecular weight excluding hydrogens is 476 g/mol. The van der Waals surface area contributed by atoms with Crippen LogP contribution in [0.1, 0.15) is 57.6 Å². The van der Waals surface area contributed by atoms with Crippen molar-refractivity contribution in [1.82, 2.24) is 29.5 Å². The second kappa shape index (κ2) is 13.5. The van der Waals surface area contributed by atoms with E-state index in [4.69, 9.17) is 4.74 Å². The molecule has 2 aromatic heterocycles. The maximum atomic E-state index is 12.9. The number of aryl methyl sites for hydroxylation is 5. The van der Waals surface area contributed by atoms with Crippen LogP contribution in [0.3, 0.4) is 0 Å². The van der Waals surface area contributed by atoms with Crippen LogP contribution >= 0.6 is 0 Å². The van der Waals surface area contributed by atoms with Gasteiger partial charge in [0, 0.05) is 26.3 Å². The molecule has 4 rings (SSSR count). The molecule has 0 radical (unpaired) electrons. The Morgan fingerprint density at radius 1 is 1.11 bits per heavy atom. The summed E-state index contributed by atoms with van der Waals surface area (Å²) in [4.78, 5) is 26.2. The van der Waals surface area contributed by atoms with Gasteiger partial charge in [0.05, 0.1) is 31.0 Å². The number of carbonyl (C=O) groups is 1. The molecule has 0 aliphatic carbocycles. The third-order valence-corrected chi connectivity index (χ3v) is 6.76. The number of nitrogens with zero attached hydrogens (tertiary/aromatic N) is 6. The van der Waals surface area contributed by atoms with Gasteiger partial charge < -0.3 is 9.64 Å². The van der Waals surface area contributed by atoms with Crippen molar-refractivity contribution in [2.24, 2.45) is 7.05 Å². The predicted molar refractivity (Wildman–Crippen MR) is 154 cm³/mol. The lowest BCUT2D eigenvalue weighted by Gasteiger charge is -2.41. The van der Waals surface area contributed by atoms with Gasteiger partial charge in [0.15, 0.2) is 0 Å². The van der Waals surface area contributed by atoms with Crippen LogP contribution in [0.4, 0.5) is 0 Å². The zero-order chi connectivity index (χ0) is 27.8. The van der Waals surface area contributed by atoms with Gasteiger partial charge in [-0.15, -0.1) is 0 Å². The molecule has 0 N–H and O–H groups in total. The van der Waals surface area contributed by atoms with Crippen LogP contribution in [0.5, 0.6) is 5.88 Å². The molecule has 8 heteroatoms. The highest BCUT2D eigenvalue weighted by Gasteiger charge is 2.36. The first-order valence-corrected chi connectivity index (χ1v) is 13.7. The van der Waals surface area contributed by atoms with Crippen LogP contribution in [0, 0.1) is 27.7 Å². The average molecular weight is 523 g/mol. The molecule has 1 atom stereocenters. The van der Waals surface area contributed by atoms with E-state index in [9.17, 15) is 4.79 Å². The lowest BCUT2D eigenvalue weighted by molar-refractivity contribution is -0.145. The van der Waals surface area contributed by atoms with E-state index in [2.05, 4.69) is 65.9 Å². The van der Waals surface area contributed by atoms with E-state index in [0.717, 1.165) is 37.2 Å². The number of ether oxygens (including phenoxy) is 1. The molecular formula is C30H46N6O2. The first-order valence-electron chi connectivity index (χ1n) is 13.7. The summed E-state index contributed by atoms with van der Waals surface area (Å²) in [6.07, 6.45) is 5.89. The predicted octanol–water partition coefficient (Wildman–Crippen LogP) is 5.14. The fraction of sp³-hybridized carbons (Fsp3) is 0.533. The number of benzene rings is 1. The lowest BCUT2D eigenvalue weighted by atomic mass is 10.00. The molecule has 208 valence electrons. The number of hydrogen-bond donors (Lipinski definition) is 0. The zero-order valence-corrected chi connectivity index (χ0v) is 24.4. The van der Waals surface area contributed by atoms with E-state index in [1.54, 1.807) is 4.68 Å². The minimum atomic E-state index is -0.0854. The van der Waals surface area contributed by atoms with Crippen LogP contribution in [0.2, 0.25) is 0 Å². The number of hydrogen-bond acceptors (Lipinski definition) is 6. The Hall–Kier alpha value is -3.26. The zero-order valence-electron chi connectivity index (χ0n) is 24.4. The quantitative estimate of drug-likeness (QED) is 0.387. The van der Waals surface area contributed by atoms with Crippen LogP contribution in [0.15, 0.2) is 36.7 Å².